The van der Waals surface area contributed by atoms with Crippen LogP contribution in [0.5, 0.6) is 11.5 Å². The lowest BCUT2D eigenvalue weighted by Crippen LogP contribution is -2.23. The van der Waals surface area contributed by atoms with Crippen molar-refractivity contribution in [1.82, 2.24) is 14.5 Å². The quantitative estimate of drug-likeness (QED) is 0.745. The minimum Gasteiger partial charge on any atom is -0.493 e. The molecule has 2 heterocycles. The molecular formula is C16H15N3O3S. The first kappa shape index (κ1) is 15.2. The molecule has 7 heteroatoms. The fraction of sp³-hybridized carbons (Fsp3) is 0.188. The fourth-order valence-electron chi connectivity index (χ4n) is 2.40. The van der Waals surface area contributed by atoms with Crippen molar-refractivity contribution in [2.24, 2.45) is 0 Å². The van der Waals surface area contributed by atoms with E-state index in [1.165, 1.54) is 11.7 Å². The molecule has 0 unspecified atom stereocenters. The maximum Gasteiger partial charge on any atom is 0.262 e. The van der Waals surface area contributed by atoms with Crippen LogP contribution in [0.15, 0.2) is 41.5 Å². The molecule has 0 bridgehead atoms. The molecule has 0 spiro atoms. The zero-order chi connectivity index (χ0) is 16.4. The second-order valence-corrected chi connectivity index (χ2v) is 5.32. The predicted octanol–water partition coefficient (Wildman–Crippen LogP) is 2.52. The van der Waals surface area contributed by atoms with Gasteiger partial charge in [-0.1, -0.05) is 6.07 Å². The molecule has 0 aliphatic carbocycles. The summed E-state index contributed by atoms with van der Waals surface area (Å²) in [5.41, 5.74) is 1.32. The summed E-state index contributed by atoms with van der Waals surface area (Å²) in [4.78, 5) is 19.9. The first-order valence-electron chi connectivity index (χ1n) is 6.92. The molecule has 0 aliphatic heterocycles. The van der Waals surface area contributed by atoms with E-state index in [0.29, 0.717) is 33.7 Å². The number of ether oxygens (including phenoxy) is 2. The van der Waals surface area contributed by atoms with Crippen LogP contribution in [0.25, 0.3) is 10.9 Å². The van der Waals surface area contributed by atoms with E-state index in [1.54, 1.807) is 31.6 Å². The van der Waals surface area contributed by atoms with Gasteiger partial charge in [0.25, 0.3) is 5.56 Å². The summed E-state index contributed by atoms with van der Waals surface area (Å²) in [6.45, 7) is 0.353. The second kappa shape index (κ2) is 6.21. The Kier molecular flexibility index (Phi) is 4.12. The molecule has 0 aliphatic rings. The monoisotopic (exact) mass is 329 g/mol. The van der Waals surface area contributed by atoms with E-state index in [0.717, 1.165) is 5.56 Å². The van der Waals surface area contributed by atoms with Crippen molar-refractivity contribution in [2.45, 2.75) is 6.54 Å². The Labute approximate surface area is 137 Å². The number of aromatic nitrogens is 3. The summed E-state index contributed by atoms with van der Waals surface area (Å²) in [6.07, 6.45) is 3.39. The maximum absolute atomic E-state index is 12.8. The average Bonchev–Trinajstić information content (AvgIpc) is 2.58. The van der Waals surface area contributed by atoms with Crippen LogP contribution in [-0.2, 0) is 6.54 Å². The van der Waals surface area contributed by atoms with E-state index >= 15 is 0 Å². The average molecular weight is 329 g/mol. The van der Waals surface area contributed by atoms with Gasteiger partial charge in [-0.3, -0.25) is 14.3 Å². The van der Waals surface area contributed by atoms with Gasteiger partial charge in [-0.2, -0.15) is 0 Å². The third-order valence-corrected chi connectivity index (χ3v) is 3.87. The lowest BCUT2D eigenvalue weighted by molar-refractivity contribution is 0.355. The topological polar surface area (TPSA) is 69.1 Å². The highest BCUT2D eigenvalue weighted by Crippen LogP contribution is 2.29. The molecule has 0 atom stereocenters. The lowest BCUT2D eigenvalue weighted by Gasteiger charge is -2.11. The molecule has 23 heavy (non-hydrogen) atoms. The Morgan fingerprint density at radius 3 is 2.65 bits per heavy atom. The van der Waals surface area contributed by atoms with Gasteiger partial charge in [-0.15, -0.1) is 0 Å². The molecule has 0 saturated heterocycles. The summed E-state index contributed by atoms with van der Waals surface area (Å²) in [7, 11) is 3.07. The number of rotatable bonds is 4. The smallest absolute Gasteiger partial charge is 0.262 e. The molecule has 0 amide bonds. The van der Waals surface area contributed by atoms with Crippen LogP contribution < -0.4 is 15.0 Å². The van der Waals surface area contributed by atoms with Gasteiger partial charge >= 0.3 is 0 Å². The van der Waals surface area contributed by atoms with E-state index < -0.39 is 0 Å². The lowest BCUT2D eigenvalue weighted by atomic mass is 10.2. The normalized spacial score (nSPS) is 10.7. The molecule has 2 aromatic heterocycles. The van der Waals surface area contributed by atoms with Crippen LogP contribution in [0.4, 0.5) is 0 Å². The number of pyridine rings is 1. The van der Waals surface area contributed by atoms with Crippen LogP contribution in [0, 0.1) is 4.77 Å². The summed E-state index contributed by atoms with van der Waals surface area (Å²) < 4.78 is 12.4. The van der Waals surface area contributed by atoms with Gasteiger partial charge in [-0.05, 0) is 29.9 Å². The Balaban J connectivity index is 2.21. The maximum atomic E-state index is 12.8. The van der Waals surface area contributed by atoms with Crippen molar-refractivity contribution in [2.75, 3.05) is 14.2 Å². The number of nitrogens with zero attached hydrogens (tertiary/aromatic N) is 2. The SMILES string of the molecule is COc1cc2[nH]c(=S)n(Cc3cccnc3)c(=O)c2cc1OC. The number of H-pyrrole nitrogens is 1. The van der Waals surface area contributed by atoms with Crippen molar-refractivity contribution < 1.29 is 9.47 Å². The van der Waals surface area contributed by atoms with Crippen LogP contribution in [0.1, 0.15) is 5.56 Å². The molecule has 1 aromatic carbocycles. The van der Waals surface area contributed by atoms with E-state index in [9.17, 15) is 4.79 Å². The summed E-state index contributed by atoms with van der Waals surface area (Å²) in [6, 6.07) is 7.08. The van der Waals surface area contributed by atoms with Crippen LogP contribution in [0.3, 0.4) is 0 Å². The van der Waals surface area contributed by atoms with Crippen LogP contribution in [-0.4, -0.2) is 28.8 Å². The summed E-state index contributed by atoms with van der Waals surface area (Å²) in [5.74, 6) is 1.03. The first-order chi connectivity index (χ1) is 11.1. The highest BCUT2D eigenvalue weighted by molar-refractivity contribution is 7.71. The highest BCUT2D eigenvalue weighted by atomic mass is 32.1. The summed E-state index contributed by atoms with van der Waals surface area (Å²) in [5, 5.41) is 0.486. The molecule has 3 aromatic rings. The molecular weight excluding hydrogens is 314 g/mol. The number of methoxy groups -OCH3 is 2. The van der Waals surface area contributed by atoms with Crippen molar-refractivity contribution in [3.63, 3.8) is 0 Å². The number of hydrogen-bond acceptors (Lipinski definition) is 5. The van der Waals surface area contributed by atoms with E-state index in [-0.39, 0.29) is 5.56 Å². The van der Waals surface area contributed by atoms with Crippen molar-refractivity contribution in [1.29, 1.82) is 0 Å². The Hall–Kier alpha value is -2.67. The largest absolute Gasteiger partial charge is 0.493 e. The van der Waals surface area contributed by atoms with Crippen LogP contribution in [0.2, 0.25) is 0 Å². The molecule has 0 saturated carbocycles. The number of hydrogen-bond donors (Lipinski definition) is 1. The van der Waals surface area contributed by atoms with E-state index in [4.69, 9.17) is 21.7 Å². The van der Waals surface area contributed by atoms with Gasteiger partial charge < -0.3 is 14.5 Å². The van der Waals surface area contributed by atoms with Gasteiger partial charge in [-0.25, -0.2) is 0 Å². The minimum atomic E-state index is -0.187. The third-order valence-electron chi connectivity index (χ3n) is 3.55. The molecule has 118 valence electrons. The minimum absolute atomic E-state index is 0.187. The van der Waals surface area contributed by atoms with Gasteiger partial charge in [0.15, 0.2) is 16.3 Å². The zero-order valence-corrected chi connectivity index (χ0v) is 13.5. The standard InChI is InChI=1S/C16H15N3O3S/c1-21-13-6-11-12(7-14(13)22-2)18-16(23)19(15(11)20)9-10-4-3-5-17-8-10/h3-8H,9H2,1-2H3,(H,18,23). The van der Waals surface area contributed by atoms with Crippen molar-refractivity contribution in [3.05, 3.63) is 57.3 Å². The Morgan fingerprint density at radius 2 is 2.00 bits per heavy atom. The van der Waals surface area contributed by atoms with Gasteiger partial charge in [0, 0.05) is 18.5 Å². The molecule has 3 rings (SSSR count). The zero-order valence-electron chi connectivity index (χ0n) is 12.7. The number of nitrogens with one attached hydrogen (secondary N) is 1. The Morgan fingerprint density at radius 1 is 1.26 bits per heavy atom. The predicted molar refractivity (Wildman–Crippen MR) is 89.8 cm³/mol. The van der Waals surface area contributed by atoms with Gasteiger partial charge in [0.05, 0.1) is 31.7 Å². The highest BCUT2D eigenvalue weighted by Gasteiger charge is 2.12. The van der Waals surface area contributed by atoms with E-state index in [1.807, 2.05) is 12.1 Å². The Bertz CT molecular complexity index is 964. The summed E-state index contributed by atoms with van der Waals surface area (Å²) >= 11 is 5.32. The number of benzene rings is 1. The molecule has 1 N–H and O–H groups in total. The third kappa shape index (κ3) is 2.83. The first-order valence-corrected chi connectivity index (χ1v) is 7.32. The number of aromatic amines is 1. The molecule has 6 nitrogen and oxygen atoms in total. The fourth-order valence-corrected chi connectivity index (χ4v) is 2.65. The molecule has 0 radical (unpaired) electrons. The van der Waals surface area contributed by atoms with E-state index in [2.05, 4.69) is 9.97 Å². The molecule has 0 fully saturated rings. The van der Waals surface area contributed by atoms with Crippen molar-refractivity contribution in [3.8, 4) is 11.5 Å². The van der Waals surface area contributed by atoms with Crippen molar-refractivity contribution >= 4 is 23.1 Å². The second-order valence-electron chi connectivity index (χ2n) is 4.94. The van der Waals surface area contributed by atoms with Gasteiger partial charge in [0.2, 0.25) is 0 Å². The van der Waals surface area contributed by atoms with Crippen LogP contribution >= 0.6 is 12.2 Å². The number of fused-ring (bicyclic) bond motifs is 1. The van der Waals surface area contributed by atoms with Gasteiger partial charge in [0.1, 0.15) is 0 Å².